The van der Waals surface area contributed by atoms with Gasteiger partial charge in [-0.1, -0.05) is 0 Å². The van der Waals surface area contributed by atoms with Crippen molar-refractivity contribution < 1.29 is 14.3 Å². The lowest BCUT2D eigenvalue weighted by Crippen LogP contribution is -2.41. The number of likely N-dealkylation sites (tertiary alicyclic amines) is 1. The van der Waals surface area contributed by atoms with Crippen molar-refractivity contribution in [2.45, 2.75) is 12.8 Å². The highest BCUT2D eigenvalue weighted by atomic mass is 35.5. The number of amides is 1. The van der Waals surface area contributed by atoms with E-state index in [9.17, 15) is 9.18 Å². The number of carbonyl (C=O) groups is 1. The van der Waals surface area contributed by atoms with Gasteiger partial charge in [0.1, 0.15) is 0 Å². The summed E-state index contributed by atoms with van der Waals surface area (Å²) >= 11 is 5.59. The van der Waals surface area contributed by atoms with Crippen molar-refractivity contribution in [2.75, 3.05) is 25.0 Å². The van der Waals surface area contributed by atoms with E-state index in [2.05, 4.69) is 15.3 Å². The molecule has 0 aromatic carbocycles. The van der Waals surface area contributed by atoms with Gasteiger partial charge in [-0.25, -0.2) is 14.2 Å². The van der Waals surface area contributed by atoms with Crippen LogP contribution in [0.2, 0.25) is 5.28 Å². The molecule has 1 aliphatic heterocycles. The molecule has 8 heteroatoms. The van der Waals surface area contributed by atoms with Crippen molar-refractivity contribution in [2.24, 2.45) is 5.92 Å². The topological polar surface area (TPSA) is 78.4 Å². The number of anilines is 1. The minimum Gasteiger partial charge on any atom is -0.465 e. The Bertz CT molecular complexity index is 474. The number of nitrogens with zero attached hydrogens (tertiary/aromatic N) is 3. The van der Waals surface area contributed by atoms with Gasteiger partial charge in [-0.2, -0.15) is 4.98 Å². The van der Waals surface area contributed by atoms with Crippen LogP contribution in [0.15, 0.2) is 6.20 Å². The van der Waals surface area contributed by atoms with E-state index in [0.717, 1.165) is 19.0 Å². The Labute approximate surface area is 114 Å². The number of halogens is 2. The van der Waals surface area contributed by atoms with Gasteiger partial charge in [0.15, 0.2) is 11.6 Å². The zero-order valence-corrected chi connectivity index (χ0v) is 10.9. The van der Waals surface area contributed by atoms with E-state index < -0.39 is 11.9 Å². The second-order valence-corrected chi connectivity index (χ2v) is 4.79. The van der Waals surface area contributed by atoms with E-state index in [1.54, 1.807) is 0 Å². The first kappa shape index (κ1) is 13.8. The molecule has 1 aromatic rings. The summed E-state index contributed by atoms with van der Waals surface area (Å²) in [6.07, 6.45) is 1.80. The molecule has 0 radical (unpaired) electrons. The van der Waals surface area contributed by atoms with Crippen LogP contribution in [0.4, 0.5) is 15.0 Å². The molecule has 0 saturated carbocycles. The first-order valence-corrected chi connectivity index (χ1v) is 6.34. The van der Waals surface area contributed by atoms with Crippen LogP contribution < -0.4 is 5.32 Å². The largest absolute Gasteiger partial charge is 0.465 e. The van der Waals surface area contributed by atoms with Gasteiger partial charge in [-0.15, -0.1) is 0 Å². The van der Waals surface area contributed by atoms with Gasteiger partial charge >= 0.3 is 6.09 Å². The number of nitrogens with one attached hydrogen (secondary N) is 1. The SMILES string of the molecule is O=C(O)N1CCCC(CNc2nc(Cl)ncc2F)C1. The second-order valence-electron chi connectivity index (χ2n) is 4.45. The van der Waals surface area contributed by atoms with Crippen LogP contribution in [-0.2, 0) is 0 Å². The molecule has 1 aliphatic rings. The van der Waals surface area contributed by atoms with Gasteiger partial charge in [0.05, 0.1) is 6.20 Å². The maximum absolute atomic E-state index is 13.4. The molecule has 1 saturated heterocycles. The van der Waals surface area contributed by atoms with Crippen molar-refractivity contribution in [1.82, 2.24) is 14.9 Å². The fourth-order valence-corrected chi connectivity index (χ4v) is 2.25. The smallest absolute Gasteiger partial charge is 0.407 e. The second kappa shape index (κ2) is 6.01. The van der Waals surface area contributed by atoms with Crippen LogP contribution in [-0.4, -0.2) is 45.7 Å². The highest BCUT2D eigenvalue weighted by Gasteiger charge is 2.23. The Morgan fingerprint density at radius 1 is 1.68 bits per heavy atom. The standard InChI is InChI=1S/C11H14ClFN4O2/c12-10-15-5-8(13)9(16-10)14-4-7-2-1-3-17(6-7)11(18)19/h5,7H,1-4,6H2,(H,18,19)(H,14,15,16). The lowest BCUT2D eigenvalue weighted by Gasteiger charge is -2.30. The van der Waals surface area contributed by atoms with Gasteiger partial charge in [-0.3, -0.25) is 0 Å². The molecule has 1 aromatic heterocycles. The Balaban J connectivity index is 1.91. The van der Waals surface area contributed by atoms with Crippen LogP contribution >= 0.6 is 11.6 Å². The monoisotopic (exact) mass is 288 g/mol. The number of rotatable bonds is 3. The van der Waals surface area contributed by atoms with E-state index in [0.29, 0.717) is 19.6 Å². The molecule has 2 N–H and O–H groups in total. The molecule has 0 bridgehead atoms. The summed E-state index contributed by atoms with van der Waals surface area (Å²) in [5, 5.41) is 11.8. The van der Waals surface area contributed by atoms with Gasteiger partial charge in [0.2, 0.25) is 5.28 Å². The Hall–Kier alpha value is -1.63. The molecule has 1 fully saturated rings. The lowest BCUT2D eigenvalue weighted by atomic mass is 9.98. The molecule has 19 heavy (non-hydrogen) atoms. The summed E-state index contributed by atoms with van der Waals surface area (Å²) in [6, 6.07) is 0. The van der Waals surface area contributed by atoms with Crippen molar-refractivity contribution in [3.63, 3.8) is 0 Å². The third kappa shape index (κ3) is 3.66. The molecule has 2 rings (SSSR count). The highest BCUT2D eigenvalue weighted by Crippen LogP contribution is 2.18. The lowest BCUT2D eigenvalue weighted by molar-refractivity contribution is 0.122. The number of hydrogen-bond acceptors (Lipinski definition) is 4. The third-order valence-electron chi connectivity index (χ3n) is 3.06. The zero-order chi connectivity index (χ0) is 13.8. The molecule has 2 heterocycles. The zero-order valence-electron chi connectivity index (χ0n) is 10.1. The highest BCUT2D eigenvalue weighted by molar-refractivity contribution is 6.28. The van der Waals surface area contributed by atoms with Crippen LogP contribution in [0.3, 0.4) is 0 Å². The fraction of sp³-hybridized carbons (Fsp3) is 0.545. The van der Waals surface area contributed by atoms with Crippen molar-refractivity contribution in [3.05, 3.63) is 17.3 Å². The maximum atomic E-state index is 13.4. The van der Waals surface area contributed by atoms with Crippen molar-refractivity contribution in [3.8, 4) is 0 Å². The van der Waals surface area contributed by atoms with Crippen LogP contribution in [0.25, 0.3) is 0 Å². The molecule has 0 aliphatic carbocycles. The fourth-order valence-electron chi connectivity index (χ4n) is 2.12. The minimum absolute atomic E-state index is 0.0280. The summed E-state index contributed by atoms with van der Waals surface area (Å²) in [7, 11) is 0. The maximum Gasteiger partial charge on any atom is 0.407 e. The predicted octanol–water partition coefficient (Wildman–Crippen LogP) is 2.07. The van der Waals surface area contributed by atoms with E-state index in [1.165, 1.54) is 4.90 Å². The first-order valence-electron chi connectivity index (χ1n) is 5.96. The molecule has 0 spiro atoms. The molecule has 6 nitrogen and oxygen atoms in total. The van der Waals surface area contributed by atoms with Crippen molar-refractivity contribution in [1.29, 1.82) is 0 Å². The molecule has 1 atom stereocenters. The van der Waals surface area contributed by atoms with Gasteiger partial charge in [-0.05, 0) is 30.4 Å². The number of hydrogen-bond donors (Lipinski definition) is 2. The summed E-state index contributed by atoms with van der Waals surface area (Å²) in [5.74, 6) is -0.388. The van der Waals surface area contributed by atoms with Crippen molar-refractivity contribution >= 4 is 23.5 Å². The quantitative estimate of drug-likeness (QED) is 0.833. The molecular weight excluding hydrogens is 275 g/mol. The first-order chi connectivity index (χ1) is 9.06. The number of aromatic nitrogens is 2. The van der Waals surface area contributed by atoms with Gasteiger partial charge in [0, 0.05) is 19.6 Å². The van der Waals surface area contributed by atoms with Gasteiger partial charge in [0.25, 0.3) is 0 Å². The van der Waals surface area contributed by atoms with E-state index >= 15 is 0 Å². The molecule has 1 unspecified atom stereocenters. The van der Waals surface area contributed by atoms with E-state index in [1.807, 2.05) is 0 Å². The van der Waals surface area contributed by atoms with Gasteiger partial charge < -0.3 is 15.3 Å². The normalized spacial score (nSPS) is 19.3. The third-order valence-corrected chi connectivity index (χ3v) is 3.24. The summed E-state index contributed by atoms with van der Waals surface area (Å²) < 4.78 is 13.4. The van der Waals surface area contributed by atoms with Crippen LogP contribution in [0.1, 0.15) is 12.8 Å². The minimum atomic E-state index is -0.916. The molecule has 1 amide bonds. The average molecular weight is 289 g/mol. The number of piperidine rings is 1. The average Bonchev–Trinajstić information content (AvgIpc) is 2.40. The van der Waals surface area contributed by atoms with Crippen LogP contribution in [0, 0.1) is 11.7 Å². The van der Waals surface area contributed by atoms with E-state index in [-0.39, 0.29) is 17.0 Å². The van der Waals surface area contributed by atoms with E-state index in [4.69, 9.17) is 16.7 Å². The summed E-state index contributed by atoms with van der Waals surface area (Å²) in [5.41, 5.74) is 0. The summed E-state index contributed by atoms with van der Waals surface area (Å²) in [6.45, 7) is 1.45. The summed E-state index contributed by atoms with van der Waals surface area (Å²) in [4.78, 5) is 19.5. The Morgan fingerprint density at radius 2 is 2.47 bits per heavy atom. The Morgan fingerprint density at radius 3 is 3.21 bits per heavy atom. The van der Waals surface area contributed by atoms with Crippen LogP contribution in [0.5, 0.6) is 0 Å². The molecular formula is C11H14ClFN4O2. The number of carboxylic acid groups (broad SMARTS) is 1. The Kier molecular flexibility index (Phi) is 4.36. The molecule has 104 valence electrons. The predicted molar refractivity (Wildman–Crippen MR) is 67.8 cm³/mol.